The van der Waals surface area contributed by atoms with Gasteiger partial charge in [0.1, 0.15) is 24.2 Å². The van der Waals surface area contributed by atoms with Crippen molar-refractivity contribution in [2.45, 2.75) is 12.5 Å². The van der Waals surface area contributed by atoms with Gasteiger partial charge in [-0.2, -0.15) is 0 Å². The molecule has 2 aromatic carbocycles. The fourth-order valence-electron chi connectivity index (χ4n) is 2.20. The molecule has 0 heterocycles. The SMILES string of the molecule is COc1ccc(N)c(C(=O)OCC(O)c2ccc(OCCCCl)cc2)c1. The van der Waals surface area contributed by atoms with Crippen molar-refractivity contribution in [2.75, 3.05) is 31.9 Å². The fourth-order valence-corrected chi connectivity index (χ4v) is 2.31. The maximum Gasteiger partial charge on any atom is 0.340 e. The zero-order valence-corrected chi connectivity index (χ0v) is 15.2. The number of ether oxygens (including phenoxy) is 3. The average Bonchev–Trinajstić information content (AvgIpc) is 2.67. The number of anilines is 1. The number of nitrogen functional groups attached to an aromatic ring is 1. The van der Waals surface area contributed by atoms with Gasteiger partial charge < -0.3 is 25.1 Å². The standard InChI is InChI=1S/C19H22ClNO5/c1-24-15-7-8-17(21)16(11-15)19(23)26-12-18(22)13-3-5-14(6-4-13)25-10-2-9-20/h3-8,11,18,22H,2,9-10,12,21H2,1H3. The molecule has 26 heavy (non-hydrogen) atoms. The molecule has 0 saturated carbocycles. The van der Waals surface area contributed by atoms with E-state index in [0.29, 0.717) is 29.5 Å². The highest BCUT2D eigenvalue weighted by atomic mass is 35.5. The molecule has 2 rings (SSSR count). The minimum Gasteiger partial charge on any atom is -0.497 e. The number of halogens is 1. The Labute approximate surface area is 157 Å². The molecular formula is C19H22ClNO5. The minimum atomic E-state index is -0.956. The number of aliphatic hydroxyl groups excluding tert-OH is 1. The zero-order valence-electron chi connectivity index (χ0n) is 14.5. The predicted molar refractivity (Wildman–Crippen MR) is 99.9 cm³/mol. The topological polar surface area (TPSA) is 91.0 Å². The molecule has 0 fully saturated rings. The molecule has 2 aromatic rings. The number of benzene rings is 2. The summed E-state index contributed by atoms with van der Waals surface area (Å²) in [6.45, 7) is 0.340. The highest BCUT2D eigenvalue weighted by molar-refractivity contribution is 6.17. The van der Waals surface area contributed by atoms with Crippen LogP contribution in [0.15, 0.2) is 42.5 Å². The molecule has 3 N–H and O–H groups in total. The Morgan fingerprint density at radius 2 is 1.88 bits per heavy atom. The molecule has 6 nitrogen and oxygen atoms in total. The van der Waals surface area contributed by atoms with Gasteiger partial charge >= 0.3 is 5.97 Å². The molecule has 1 unspecified atom stereocenters. The zero-order chi connectivity index (χ0) is 18.9. The van der Waals surface area contributed by atoms with Gasteiger partial charge in [0.15, 0.2) is 0 Å². The van der Waals surface area contributed by atoms with Crippen LogP contribution in [-0.4, -0.2) is 37.3 Å². The van der Waals surface area contributed by atoms with Crippen LogP contribution in [0.4, 0.5) is 5.69 Å². The van der Waals surface area contributed by atoms with Crippen molar-refractivity contribution < 1.29 is 24.1 Å². The summed E-state index contributed by atoms with van der Waals surface area (Å²) in [6.07, 6.45) is -0.197. The number of methoxy groups -OCH3 is 1. The third-order valence-corrected chi connectivity index (χ3v) is 3.93. The maximum absolute atomic E-state index is 12.2. The molecule has 140 valence electrons. The summed E-state index contributed by atoms with van der Waals surface area (Å²) in [5.41, 5.74) is 6.88. The Kier molecular flexibility index (Phi) is 7.56. The van der Waals surface area contributed by atoms with Crippen LogP contribution in [-0.2, 0) is 4.74 Å². The summed E-state index contributed by atoms with van der Waals surface area (Å²) in [5.74, 6) is 1.10. The van der Waals surface area contributed by atoms with Crippen molar-refractivity contribution in [1.82, 2.24) is 0 Å². The molecule has 7 heteroatoms. The number of rotatable bonds is 9. The second kappa shape index (κ2) is 9.89. The second-order valence-corrected chi connectivity index (χ2v) is 5.91. The first-order chi connectivity index (χ1) is 12.5. The number of hydrogen-bond donors (Lipinski definition) is 2. The Morgan fingerprint density at radius 1 is 1.19 bits per heavy atom. The number of esters is 1. The van der Waals surface area contributed by atoms with Crippen LogP contribution >= 0.6 is 11.6 Å². The first-order valence-corrected chi connectivity index (χ1v) is 8.66. The van der Waals surface area contributed by atoms with Gasteiger partial charge in [0.25, 0.3) is 0 Å². The van der Waals surface area contributed by atoms with Gasteiger partial charge in [-0.05, 0) is 42.3 Å². The van der Waals surface area contributed by atoms with Crippen molar-refractivity contribution in [2.24, 2.45) is 0 Å². The van der Waals surface area contributed by atoms with Gasteiger partial charge in [0, 0.05) is 11.6 Å². The monoisotopic (exact) mass is 379 g/mol. The molecule has 0 aliphatic heterocycles. The third kappa shape index (κ3) is 5.54. The van der Waals surface area contributed by atoms with E-state index in [1.807, 2.05) is 0 Å². The molecule has 0 amide bonds. The molecule has 0 aliphatic rings. The van der Waals surface area contributed by atoms with E-state index in [2.05, 4.69) is 0 Å². The van der Waals surface area contributed by atoms with Crippen LogP contribution in [0.25, 0.3) is 0 Å². The molecule has 0 aliphatic carbocycles. The minimum absolute atomic E-state index is 0.193. The van der Waals surface area contributed by atoms with Gasteiger partial charge in [0.05, 0.1) is 19.3 Å². The summed E-state index contributed by atoms with van der Waals surface area (Å²) >= 11 is 5.60. The van der Waals surface area contributed by atoms with Crippen LogP contribution in [0.1, 0.15) is 28.4 Å². The van der Waals surface area contributed by atoms with Crippen molar-refractivity contribution in [1.29, 1.82) is 0 Å². The lowest BCUT2D eigenvalue weighted by Gasteiger charge is -2.14. The number of alkyl halides is 1. The van der Waals surface area contributed by atoms with Crippen molar-refractivity contribution in [3.8, 4) is 11.5 Å². The van der Waals surface area contributed by atoms with Crippen molar-refractivity contribution >= 4 is 23.3 Å². The first-order valence-electron chi connectivity index (χ1n) is 8.12. The number of aliphatic hydroxyl groups is 1. The quantitative estimate of drug-likeness (QED) is 0.301. The van der Waals surface area contributed by atoms with E-state index in [-0.39, 0.29) is 17.9 Å². The van der Waals surface area contributed by atoms with Gasteiger partial charge in [-0.15, -0.1) is 11.6 Å². The molecule has 0 saturated heterocycles. The summed E-state index contributed by atoms with van der Waals surface area (Å²) in [4.78, 5) is 12.2. The number of nitrogens with two attached hydrogens (primary N) is 1. The summed E-state index contributed by atoms with van der Waals surface area (Å²) in [6, 6.07) is 11.6. The Bertz CT molecular complexity index is 720. The smallest absolute Gasteiger partial charge is 0.340 e. The summed E-state index contributed by atoms with van der Waals surface area (Å²) in [5, 5.41) is 10.2. The highest BCUT2D eigenvalue weighted by Gasteiger charge is 2.16. The predicted octanol–water partition coefficient (Wildman–Crippen LogP) is 3.18. The second-order valence-electron chi connectivity index (χ2n) is 5.53. The highest BCUT2D eigenvalue weighted by Crippen LogP contribution is 2.22. The lowest BCUT2D eigenvalue weighted by atomic mass is 10.1. The van der Waals surface area contributed by atoms with Gasteiger partial charge in [-0.3, -0.25) is 0 Å². The summed E-state index contributed by atoms with van der Waals surface area (Å²) in [7, 11) is 1.49. The van der Waals surface area contributed by atoms with Crippen molar-refractivity contribution in [3.63, 3.8) is 0 Å². The van der Waals surface area contributed by atoms with Crippen LogP contribution in [0, 0.1) is 0 Å². The fraction of sp³-hybridized carbons (Fsp3) is 0.316. The molecule has 0 spiro atoms. The van der Waals surface area contributed by atoms with E-state index < -0.39 is 12.1 Å². The third-order valence-electron chi connectivity index (χ3n) is 3.66. The van der Waals surface area contributed by atoms with Crippen LogP contribution in [0.3, 0.4) is 0 Å². The Morgan fingerprint density at radius 3 is 2.54 bits per heavy atom. The van der Waals surface area contributed by atoms with Gasteiger partial charge in [-0.25, -0.2) is 4.79 Å². The normalized spacial score (nSPS) is 11.7. The van der Waals surface area contributed by atoms with Gasteiger partial charge in [-0.1, -0.05) is 12.1 Å². The average molecular weight is 380 g/mol. The van der Waals surface area contributed by atoms with E-state index in [1.165, 1.54) is 13.2 Å². The van der Waals surface area contributed by atoms with Gasteiger partial charge in [0.2, 0.25) is 0 Å². The summed E-state index contributed by atoms with van der Waals surface area (Å²) < 4.78 is 15.7. The molecule has 0 bridgehead atoms. The molecular weight excluding hydrogens is 358 g/mol. The first kappa shape index (κ1) is 19.9. The number of hydrogen-bond acceptors (Lipinski definition) is 6. The Balaban J connectivity index is 1.91. The van der Waals surface area contributed by atoms with E-state index in [4.69, 9.17) is 31.5 Å². The number of carbonyl (C=O) groups is 1. The lowest BCUT2D eigenvalue weighted by molar-refractivity contribution is 0.0254. The van der Waals surface area contributed by atoms with E-state index in [9.17, 15) is 9.90 Å². The number of carbonyl (C=O) groups excluding carboxylic acids is 1. The Hall–Kier alpha value is -2.44. The maximum atomic E-state index is 12.2. The molecule has 1 atom stereocenters. The molecule has 0 aromatic heterocycles. The van der Waals surface area contributed by atoms with Crippen molar-refractivity contribution in [3.05, 3.63) is 53.6 Å². The van der Waals surface area contributed by atoms with E-state index >= 15 is 0 Å². The van der Waals surface area contributed by atoms with Crippen LogP contribution in [0.5, 0.6) is 11.5 Å². The lowest BCUT2D eigenvalue weighted by Crippen LogP contribution is -2.14. The van der Waals surface area contributed by atoms with Crippen LogP contribution < -0.4 is 15.2 Å². The largest absolute Gasteiger partial charge is 0.497 e. The van der Waals surface area contributed by atoms with E-state index in [0.717, 1.165) is 6.42 Å². The molecule has 0 radical (unpaired) electrons. The van der Waals surface area contributed by atoms with Crippen LogP contribution in [0.2, 0.25) is 0 Å². The van der Waals surface area contributed by atoms with E-state index in [1.54, 1.807) is 36.4 Å².